The highest BCUT2D eigenvalue weighted by Gasteiger charge is 2.03. The normalized spacial score (nSPS) is 11.6. The maximum atomic E-state index is 11.8. The summed E-state index contributed by atoms with van der Waals surface area (Å²) in [7, 11) is 0. The number of esters is 1. The molecule has 18 heteroatoms. The van der Waals surface area contributed by atoms with Crippen LogP contribution in [0.15, 0.2) is 0 Å². The lowest BCUT2D eigenvalue weighted by Crippen LogP contribution is -2.16. The third kappa shape index (κ3) is 56.8. The molecule has 62 heavy (non-hydrogen) atoms. The zero-order chi connectivity index (χ0) is 44.6. The van der Waals surface area contributed by atoms with Crippen molar-refractivity contribution in [1.82, 2.24) is 0 Å². The molecule has 0 bridgehead atoms. The van der Waals surface area contributed by atoms with Gasteiger partial charge >= 0.3 is 5.97 Å². The number of hydrogen-bond donors (Lipinski definition) is 1. The van der Waals surface area contributed by atoms with E-state index in [1.807, 2.05) is 0 Å². The highest BCUT2D eigenvalue weighted by Crippen LogP contribution is 2.10. The van der Waals surface area contributed by atoms with Gasteiger partial charge in [-0.25, -0.2) is 0 Å². The van der Waals surface area contributed by atoms with Crippen molar-refractivity contribution in [3.8, 4) is 0 Å². The van der Waals surface area contributed by atoms with Crippen LogP contribution >= 0.6 is 0 Å². The van der Waals surface area contributed by atoms with E-state index in [-0.39, 0.29) is 19.2 Å². The number of aliphatic hydroxyl groups excluding tert-OH is 1. The second-order valence-corrected chi connectivity index (χ2v) is 13.7. The Hall–Kier alpha value is -1.17. The molecule has 0 atom stereocenters. The van der Waals surface area contributed by atoms with Gasteiger partial charge in [0, 0.05) is 6.42 Å². The lowest BCUT2D eigenvalue weighted by molar-refractivity contribution is -0.145. The van der Waals surface area contributed by atoms with E-state index < -0.39 is 0 Å². The Labute approximate surface area is 373 Å². The first-order valence-electron chi connectivity index (χ1n) is 23.2. The average molecular weight is 905 g/mol. The molecule has 18 nitrogen and oxygen atoms in total. The van der Waals surface area contributed by atoms with E-state index in [1.54, 1.807) is 0 Å². The van der Waals surface area contributed by atoms with Gasteiger partial charge in [-0.15, -0.1) is 0 Å². The van der Waals surface area contributed by atoms with E-state index >= 15 is 0 Å². The summed E-state index contributed by atoms with van der Waals surface area (Å²) in [6.07, 6.45) is 11.6. The van der Waals surface area contributed by atoms with Crippen molar-refractivity contribution in [2.75, 3.05) is 211 Å². The van der Waals surface area contributed by atoms with Crippen LogP contribution in [-0.2, 0) is 80.6 Å². The van der Waals surface area contributed by atoms with E-state index in [4.69, 9.17) is 80.9 Å². The molecule has 0 aliphatic rings. The van der Waals surface area contributed by atoms with E-state index in [0.29, 0.717) is 205 Å². The number of rotatable bonds is 57. The van der Waals surface area contributed by atoms with Crippen molar-refractivity contribution in [1.29, 1.82) is 0 Å². The summed E-state index contributed by atoms with van der Waals surface area (Å²) in [5.41, 5.74) is 0. The topological polar surface area (TPSA) is 185 Å². The highest BCUT2D eigenvalue weighted by molar-refractivity contribution is 5.69. The molecule has 0 amide bonds. The van der Waals surface area contributed by atoms with Crippen LogP contribution < -0.4 is 0 Å². The monoisotopic (exact) mass is 905 g/mol. The van der Waals surface area contributed by atoms with Gasteiger partial charge in [0.15, 0.2) is 0 Å². The maximum absolute atomic E-state index is 11.8. The Balaban J connectivity index is 3.10. The average Bonchev–Trinajstić information content (AvgIpc) is 3.28. The summed E-state index contributed by atoms with van der Waals surface area (Å²) < 4.78 is 86.9. The van der Waals surface area contributed by atoms with Gasteiger partial charge in [0.05, 0.1) is 205 Å². The lowest BCUT2D eigenvalue weighted by atomic mass is 10.1. The first-order valence-corrected chi connectivity index (χ1v) is 23.2. The Bertz CT molecular complexity index is 818. The number of aliphatic hydroxyl groups is 1. The van der Waals surface area contributed by atoms with Gasteiger partial charge in [-0.3, -0.25) is 4.79 Å². The molecule has 0 saturated heterocycles. The molecule has 0 aromatic heterocycles. The summed E-state index contributed by atoms with van der Waals surface area (Å²) in [5.74, 6) is -0.141. The van der Waals surface area contributed by atoms with Crippen molar-refractivity contribution in [2.24, 2.45) is 0 Å². The third-order valence-electron chi connectivity index (χ3n) is 8.42. The predicted octanol–water partition coefficient (Wildman–Crippen LogP) is 3.69. The van der Waals surface area contributed by atoms with E-state index in [2.05, 4.69) is 6.92 Å². The van der Waals surface area contributed by atoms with Crippen LogP contribution in [0, 0.1) is 0 Å². The quantitative estimate of drug-likeness (QED) is 0.0688. The lowest BCUT2D eigenvalue weighted by Gasteiger charge is -2.09. The minimum Gasteiger partial charge on any atom is -0.463 e. The van der Waals surface area contributed by atoms with Gasteiger partial charge in [-0.2, -0.15) is 0 Å². The summed E-state index contributed by atoms with van der Waals surface area (Å²) in [4.78, 5) is 11.8. The SMILES string of the molecule is CCCCCCCCCCCC(=O)OCCOCCOCCOCCOCCOCCOCCOCCOCCOCCOCCOCCOCCOCCOCCOCCO. The summed E-state index contributed by atoms with van der Waals surface area (Å²) in [6, 6.07) is 0. The molecule has 372 valence electrons. The van der Waals surface area contributed by atoms with Gasteiger partial charge in [0.1, 0.15) is 6.61 Å². The van der Waals surface area contributed by atoms with Gasteiger partial charge in [0.2, 0.25) is 0 Å². The van der Waals surface area contributed by atoms with Gasteiger partial charge < -0.3 is 80.9 Å². The molecular formula is C44H88O18. The van der Waals surface area contributed by atoms with Crippen molar-refractivity contribution in [3.63, 3.8) is 0 Å². The smallest absolute Gasteiger partial charge is 0.305 e. The minimum atomic E-state index is -0.141. The van der Waals surface area contributed by atoms with Gasteiger partial charge in [0.25, 0.3) is 0 Å². The Morgan fingerprint density at radius 1 is 0.274 bits per heavy atom. The van der Waals surface area contributed by atoms with Crippen molar-refractivity contribution < 1.29 is 85.7 Å². The number of unbranched alkanes of at least 4 members (excludes halogenated alkanes) is 8. The standard InChI is InChI=1S/C44H88O18/c1-2-3-4-5-6-7-8-9-10-11-44(46)62-43-42-61-41-40-60-39-38-59-37-36-58-35-34-57-33-32-56-31-30-55-29-28-54-27-26-53-25-24-52-23-22-51-21-20-50-19-18-49-17-16-48-15-14-47-13-12-45/h45H,2-43H2,1H3. The van der Waals surface area contributed by atoms with Crippen LogP contribution in [0.4, 0.5) is 0 Å². The van der Waals surface area contributed by atoms with Crippen LogP contribution in [0.2, 0.25) is 0 Å². The van der Waals surface area contributed by atoms with Crippen molar-refractivity contribution in [2.45, 2.75) is 71.1 Å². The summed E-state index contributed by atoms with van der Waals surface area (Å²) in [6.45, 7) is 16.9. The van der Waals surface area contributed by atoms with Crippen molar-refractivity contribution in [3.05, 3.63) is 0 Å². The molecule has 0 rings (SSSR count). The van der Waals surface area contributed by atoms with Gasteiger partial charge in [-0.05, 0) is 6.42 Å². The minimum absolute atomic E-state index is 0.0205. The molecule has 0 aromatic carbocycles. The molecular weight excluding hydrogens is 816 g/mol. The molecule has 0 aromatic rings. The molecule has 1 N–H and O–H groups in total. The number of ether oxygens (including phenoxy) is 16. The number of carbonyl (C=O) groups excluding carboxylic acids is 1. The molecule has 0 aliphatic heterocycles. The Morgan fingerprint density at radius 3 is 0.694 bits per heavy atom. The molecule has 0 spiro atoms. The number of hydrogen-bond acceptors (Lipinski definition) is 18. The Morgan fingerprint density at radius 2 is 0.468 bits per heavy atom. The molecule has 0 aliphatic carbocycles. The second kappa shape index (κ2) is 57.8. The van der Waals surface area contributed by atoms with Crippen LogP contribution in [-0.4, -0.2) is 222 Å². The fourth-order valence-corrected chi connectivity index (χ4v) is 5.11. The van der Waals surface area contributed by atoms with Crippen molar-refractivity contribution >= 4 is 5.97 Å². The summed E-state index contributed by atoms with van der Waals surface area (Å²) in [5, 5.41) is 8.60. The predicted molar refractivity (Wildman–Crippen MR) is 232 cm³/mol. The zero-order valence-electron chi connectivity index (χ0n) is 38.6. The van der Waals surface area contributed by atoms with Crippen LogP contribution in [0.1, 0.15) is 71.1 Å². The van der Waals surface area contributed by atoms with Crippen LogP contribution in [0.25, 0.3) is 0 Å². The third-order valence-corrected chi connectivity index (χ3v) is 8.42. The highest BCUT2D eigenvalue weighted by atomic mass is 16.6. The first-order chi connectivity index (χ1) is 30.8. The molecule has 0 fully saturated rings. The second-order valence-electron chi connectivity index (χ2n) is 13.7. The molecule has 0 heterocycles. The molecule has 0 radical (unpaired) electrons. The maximum Gasteiger partial charge on any atom is 0.305 e. The van der Waals surface area contributed by atoms with Crippen LogP contribution in [0.3, 0.4) is 0 Å². The van der Waals surface area contributed by atoms with Gasteiger partial charge in [-0.1, -0.05) is 58.3 Å². The first kappa shape index (κ1) is 60.8. The van der Waals surface area contributed by atoms with E-state index in [1.165, 1.54) is 44.9 Å². The zero-order valence-corrected chi connectivity index (χ0v) is 38.6. The summed E-state index contributed by atoms with van der Waals surface area (Å²) >= 11 is 0. The largest absolute Gasteiger partial charge is 0.463 e. The number of carbonyl (C=O) groups is 1. The molecule has 0 unspecified atom stereocenters. The fourth-order valence-electron chi connectivity index (χ4n) is 5.11. The Kier molecular flexibility index (Phi) is 56.8. The van der Waals surface area contributed by atoms with Crippen LogP contribution in [0.5, 0.6) is 0 Å². The van der Waals surface area contributed by atoms with E-state index in [9.17, 15) is 4.79 Å². The molecule has 0 saturated carbocycles. The fraction of sp³-hybridized carbons (Fsp3) is 0.977. The van der Waals surface area contributed by atoms with E-state index in [0.717, 1.165) is 12.8 Å².